The van der Waals surface area contributed by atoms with Crippen LogP contribution in [0.2, 0.25) is 0 Å². The highest BCUT2D eigenvalue weighted by Crippen LogP contribution is 2.39. The molecule has 8 heteroatoms. The molecule has 0 aliphatic carbocycles. The van der Waals surface area contributed by atoms with Gasteiger partial charge >= 0.3 is 6.18 Å². The summed E-state index contributed by atoms with van der Waals surface area (Å²) in [5.74, 6) is -0.335. The zero-order valence-corrected chi connectivity index (χ0v) is 12.9. The Morgan fingerprint density at radius 3 is 2.36 bits per heavy atom. The highest BCUT2D eigenvalue weighted by Gasteiger charge is 2.37. The van der Waals surface area contributed by atoms with Crippen molar-refractivity contribution < 1.29 is 30.5 Å². The number of rotatable bonds is 4. The van der Waals surface area contributed by atoms with Crippen LogP contribution in [-0.2, 0) is 25.2 Å². The minimum atomic E-state index is -4.39. The van der Waals surface area contributed by atoms with Gasteiger partial charge in [-0.2, -0.15) is 21.6 Å². The molecule has 1 saturated heterocycles. The molecule has 1 heterocycles. The van der Waals surface area contributed by atoms with Gasteiger partial charge in [0.2, 0.25) is 0 Å². The topological polar surface area (TPSA) is 52.6 Å². The van der Waals surface area contributed by atoms with Crippen LogP contribution < -0.4 is 0 Å². The van der Waals surface area contributed by atoms with Crippen LogP contribution >= 0.6 is 0 Å². The minimum Gasteiger partial charge on any atom is -0.343 e. The van der Waals surface area contributed by atoms with Gasteiger partial charge in [-0.05, 0) is 31.0 Å². The molecule has 4 nitrogen and oxygen atoms in total. The molecule has 1 fully saturated rings. The first-order chi connectivity index (χ1) is 10.1. The molecule has 1 aliphatic heterocycles. The molecular formula is C14H17F3O4S. The van der Waals surface area contributed by atoms with Gasteiger partial charge in [-0.1, -0.05) is 19.1 Å². The molecule has 0 spiro atoms. The van der Waals surface area contributed by atoms with Crippen LogP contribution in [0.15, 0.2) is 24.3 Å². The van der Waals surface area contributed by atoms with Gasteiger partial charge in [0.15, 0.2) is 6.29 Å². The molecule has 0 aromatic heterocycles. The summed E-state index contributed by atoms with van der Waals surface area (Å²) in [6, 6.07) is 4.66. The van der Waals surface area contributed by atoms with E-state index in [1.54, 1.807) is 6.92 Å². The Hall–Kier alpha value is -1.12. The summed E-state index contributed by atoms with van der Waals surface area (Å²) in [5.41, 5.74) is -0.163. The summed E-state index contributed by atoms with van der Waals surface area (Å²) in [4.78, 5) is 0. The summed E-state index contributed by atoms with van der Waals surface area (Å²) in [6.45, 7) is 3.24. The molecule has 0 N–H and O–H groups in total. The number of halogens is 3. The lowest BCUT2D eigenvalue weighted by atomic mass is 10.0. The Kier molecular flexibility index (Phi) is 4.84. The highest BCUT2D eigenvalue weighted by atomic mass is 32.2. The maximum Gasteiger partial charge on any atom is 0.416 e. The SMILES string of the molecule is CCS(=O)(=O)O[C@@H]1O[C@@H](c2ccc(C(F)(F)F)cc2)C[C@@H]1C. The van der Waals surface area contributed by atoms with Gasteiger partial charge in [0.25, 0.3) is 10.1 Å². The molecule has 0 saturated carbocycles. The molecule has 0 amide bonds. The quantitative estimate of drug-likeness (QED) is 0.789. The Morgan fingerprint density at radius 1 is 1.27 bits per heavy atom. The van der Waals surface area contributed by atoms with E-state index in [4.69, 9.17) is 8.92 Å². The zero-order chi connectivity index (χ0) is 16.5. The standard InChI is InChI=1S/C14H17F3O4S/c1-3-22(18,19)21-13-9(2)8-12(20-13)10-4-6-11(7-5-10)14(15,16)17/h4-7,9,12-13H,3,8H2,1-2H3/t9-,12+,13-/m0/s1. The van der Waals surface area contributed by atoms with Crippen LogP contribution in [0, 0.1) is 5.92 Å². The van der Waals surface area contributed by atoms with Gasteiger partial charge in [-0.15, -0.1) is 0 Å². The van der Waals surface area contributed by atoms with Crippen LogP contribution in [-0.4, -0.2) is 20.5 Å². The van der Waals surface area contributed by atoms with Gasteiger partial charge in [0.05, 0.1) is 17.4 Å². The fraction of sp³-hybridized carbons (Fsp3) is 0.571. The first-order valence-electron chi connectivity index (χ1n) is 6.86. The molecule has 22 heavy (non-hydrogen) atoms. The monoisotopic (exact) mass is 338 g/mol. The molecule has 124 valence electrons. The number of hydrogen-bond acceptors (Lipinski definition) is 4. The molecule has 1 aromatic rings. The maximum absolute atomic E-state index is 12.5. The molecule has 1 aromatic carbocycles. The van der Waals surface area contributed by atoms with Gasteiger partial charge in [-0.3, -0.25) is 0 Å². The van der Waals surface area contributed by atoms with Crippen molar-refractivity contribution in [3.05, 3.63) is 35.4 Å². The second-order valence-electron chi connectivity index (χ2n) is 5.27. The number of alkyl halides is 3. The normalized spacial score (nSPS) is 26.3. The van der Waals surface area contributed by atoms with Gasteiger partial charge in [0.1, 0.15) is 0 Å². The van der Waals surface area contributed by atoms with E-state index in [-0.39, 0.29) is 11.7 Å². The first kappa shape index (κ1) is 17.2. The van der Waals surface area contributed by atoms with Crippen molar-refractivity contribution in [2.24, 2.45) is 5.92 Å². The van der Waals surface area contributed by atoms with Crippen molar-refractivity contribution in [2.75, 3.05) is 5.75 Å². The lowest BCUT2D eigenvalue weighted by molar-refractivity contribution is -0.137. The maximum atomic E-state index is 12.5. The first-order valence-corrected chi connectivity index (χ1v) is 8.43. The third-order valence-corrected chi connectivity index (χ3v) is 4.74. The van der Waals surface area contributed by atoms with Crippen LogP contribution in [0.4, 0.5) is 13.2 Å². The van der Waals surface area contributed by atoms with E-state index >= 15 is 0 Å². The van der Waals surface area contributed by atoms with Gasteiger partial charge < -0.3 is 4.74 Å². The Balaban J connectivity index is 2.09. The molecule has 0 radical (unpaired) electrons. The Bertz CT molecular complexity index is 610. The smallest absolute Gasteiger partial charge is 0.343 e. The predicted octanol–water partition coefficient (Wildman–Crippen LogP) is 3.50. The van der Waals surface area contributed by atoms with Crippen LogP contribution in [0.25, 0.3) is 0 Å². The second kappa shape index (κ2) is 6.17. The van der Waals surface area contributed by atoms with E-state index in [0.29, 0.717) is 12.0 Å². The summed E-state index contributed by atoms with van der Waals surface area (Å²) in [5, 5.41) is 0. The van der Waals surface area contributed by atoms with Crippen molar-refractivity contribution in [3.63, 3.8) is 0 Å². The molecular weight excluding hydrogens is 321 g/mol. The Morgan fingerprint density at radius 2 is 1.86 bits per heavy atom. The third kappa shape index (κ3) is 3.99. The molecule has 0 bridgehead atoms. The van der Waals surface area contributed by atoms with E-state index in [1.807, 2.05) is 0 Å². The predicted molar refractivity (Wildman–Crippen MR) is 73.4 cm³/mol. The van der Waals surface area contributed by atoms with Gasteiger partial charge in [-0.25, -0.2) is 4.18 Å². The third-order valence-electron chi connectivity index (χ3n) is 3.55. The molecule has 0 unspecified atom stereocenters. The van der Waals surface area contributed by atoms with E-state index in [1.165, 1.54) is 19.1 Å². The second-order valence-corrected chi connectivity index (χ2v) is 7.15. The van der Waals surface area contributed by atoms with Crippen molar-refractivity contribution in [1.29, 1.82) is 0 Å². The van der Waals surface area contributed by atoms with Crippen molar-refractivity contribution >= 4 is 10.1 Å². The van der Waals surface area contributed by atoms with Gasteiger partial charge in [0, 0.05) is 5.92 Å². The van der Waals surface area contributed by atoms with E-state index < -0.39 is 34.3 Å². The van der Waals surface area contributed by atoms with Crippen molar-refractivity contribution in [2.45, 2.75) is 38.8 Å². The number of ether oxygens (including phenoxy) is 1. The fourth-order valence-corrected chi connectivity index (χ4v) is 2.89. The summed E-state index contributed by atoms with van der Waals surface area (Å²) in [7, 11) is -3.64. The molecule has 2 rings (SSSR count). The number of hydrogen-bond donors (Lipinski definition) is 0. The Labute approximate surface area is 127 Å². The van der Waals surface area contributed by atoms with E-state index in [0.717, 1.165) is 12.1 Å². The van der Waals surface area contributed by atoms with E-state index in [9.17, 15) is 21.6 Å². The lowest BCUT2D eigenvalue weighted by Gasteiger charge is -2.16. The molecule has 3 atom stereocenters. The lowest BCUT2D eigenvalue weighted by Crippen LogP contribution is -2.23. The summed E-state index contributed by atoms with van der Waals surface area (Å²) < 4.78 is 71.0. The zero-order valence-electron chi connectivity index (χ0n) is 12.1. The summed E-state index contributed by atoms with van der Waals surface area (Å²) in [6.07, 6.45) is -5.29. The minimum absolute atomic E-state index is 0.162. The average Bonchev–Trinajstić information content (AvgIpc) is 2.79. The largest absolute Gasteiger partial charge is 0.416 e. The number of benzene rings is 1. The molecule has 1 aliphatic rings. The van der Waals surface area contributed by atoms with E-state index in [2.05, 4.69) is 0 Å². The van der Waals surface area contributed by atoms with Crippen LogP contribution in [0.3, 0.4) is 0 Å². The van der Waals surface area contributed by atoms with Crippen molar-refractivity contribution in [1.82, 2.24) is 0 Å². The van der Waals surface area contributed by atoms with Crippen LogP contribution in [0.5, 0.6) is 0 Å². The van der Waals surface area contributed by atoms with Crippen LogP contribution in [0.1, 0.15) is 37.5 Å². The highest BCUT2D eigenvalue weighted by molar-refractivity contribution is 7.86. The fourth-order valence-electron chi connectivity index (χ4n) is 2.23. The van der Waals surface area contributed by atoms with Crippen molar-refractivity contribution in [3.8, 4) is 0 Å². The average molecular weight is 338 g/mol. The summed E-state index contributed by atoms with van der Waals surface area (Å²) >= 11 is 0.